The van der Waals surface area contributed by atoms with Crippen LogP contribution in [0.15, 0.2) is 18.2 Å². The molecule has 0 heterocycles. The molecule has 0 saturated heterocycles. The number of benzene rings is 1. The van der Waals surface area contributed by atoms with E-state index in [9.17, 15) is 22.0 Å². The SMILES string of the molecule is FC(F)Oc1ccc(OC(F)(F)F)c(CCCBr)c1. The lowest BCUT2D eigenvalue weighted by atomic mass is 10.1. The van der Waals surface area contributed by atoms with Crippen molar-refractivity contribution in [1.82, 2.24) is 0 Å². The second kappa shape index (κ2) is 6.93. The fraction of sp³-hybridized carbons (Fsp3) is 0.455. The van der Waals surface area contributed by atoms with Gasteiger partial charge in [0.1, 0.15) is 11.5 Å². The Kier molecular flexibility index (Phi) is 5.84. The fourth-order valence-electron chi connectivity index (χ4n) is 1.41. The van der Waals surface area contributed by atoms with E-state index in [1.807, 2.05) is 0 Å². The van der Waals surface area contributed by atoms with E-state index in [1.54, 1.807) is 0 Å². The number of halogens is 6. The Morgan fingerprint density at radius 1 is 1.21 bits per heavy atom. The first-order valence-electron chi connectivity index (χ1n) is 5.21. The molecule has 0 saturated carbocycles. The van der Waals surface area contributed by atoms with Crippen LogP contribution in [0.2, 0.25) is 0 Å². The molecule has 0 aromatic heterocycles. The first kappa shape index (κ1) is 16.0. The number of alkyl halides is 6. The van der Waals surface area contributed by atoms with E-state index in [2.05, 4.69) is 25.4 Å². The molecule has 1 aromatic rings. The van der Waals surface area contributed by atoms with Crippen LogP contribution in [0.3, 0.4) is 0 Å². The smallest absolute Gasteiger partial charge is 0.435 e. The maximum absolute atomic E-state index is 12.2. The Hall–Kier alpha value is -1.05. The highest BCUT2D eigenvalue weighted by atomic mass is 79.9. The van der Waals surface area contributed by atoms with Gasteiger partial charge in [0.05, 0.1) is 0 Å². The van der Waals surface area contributed by atoms with Gasteiger partial charge in [-0.1, -0.05) is 15.9 Å². The molecule has 19 heavy (non-hydrogen) atoms. The first-order valence-corrected chi connectivity index (χ1v) is 6.33. The predicted molar refractivity (Wildman–Crippen MR) is 61.9 cm³/mol. The Bertz CT molecular complexity index is 409. The van der Waals surface area contributed by atoms with E-state index in [0.717, 1.165) is 18.2 Å². The molecule has 0 aliphatic heterocycles. The normalized spacial score (nSPS) is 11.7. The van der Waals surface area contributed by atoms with E-state index in [0.29, 0.717) is 11.8 Å². The summed E-state index contributed by atoms with van der Waals surface area (Å²) in [5, 5.41) is 0.568. The van der Waals surface area contributed by atoms with Gasteiger partial charge in [0.25, 0.3) is 0 Å². The topological polar surface area (TPSA) is 18.5 Å². The second-order valence-electron chi connectivity index (χ2n) is 3.49. The Morgan fingerprint density at radius 3 is 2.42 bits per heavy atom. The Balaban J connectivity index is 2.95. The molecule has 1 rings (SSSR count). The summed E-state index contributed by atoms with van der Waals surface area (Å²) in [6.07, 6.45) is -4.04. The minimum atomic E-state index is -4.83. The largest absolute Gasteiger partial charge is 0.573 e. The lowest BCUT2D eigenvalue weighted by molar-refractivity contribution is -0.274. The molecule has 0 aliphatic rings. The minimum absolute atomic E-state index is 0.162. The van der Waals surface area contributed by atoms with Gasteiger partial charge in [-0.15, -0.1) is 13.2 Å². The van der Waals surface area contributed by atoms with Crippen LogP contribution in [0, 0.1) is 0 Å². The van der Waals surface area contributed by atoms with Crippen molar-refractivity contribution in [3.8, 4) is 11.5 Å². The maximum atomic E-state index is 12.2. The molecule has 0 amide bonds. The van der Waals surface area contributed by atoms with Gasteiger partial charge >= 0.3 is 13.0 Å². The van der Waals surface area contributed by atoms with Crippen LogP contribution in [-0.4, -0.2) is 18.3 Å². The summed E-state index contributed by atoms with van der Waals surface area (Å²) >= 11 is 3.14. The number of aryl methyl sites for hydroxylation is 1. The van der Waals surface area contributed by atoms with Crippen LogP contribution in [0.4, 0.5) is 22.0 Å². The molecular formula is C11H10BrF5O2. The monoisotopic (exact) mass is 348 g/mol. The van der Waals surface area contributed by atoms with Crippen LogP contribution in [0.1, 0.15) is 12.0 Å². The van der Waals surface area contributed by atoms with Crippen molar-refractivity contribution in [3.63, 3.8) is 0 Å². The Labute approximate surface area is 114 Å². The first-order chi connectivity index (χ1) is 8.81. The molecule has 8 heteroatoms. The molecule has 0 fully saturated rings. The van der Waals surface area contributed by atoms with Gasteiger partial charge in [0.2, 0.25) is 0 Å². The van der Waals surface area contributed by atoms with Crippen LogP contribution in [0.25, 0.3) is 0 Å². The van der Waals surface area contributed by atoms with Crippen molar-refractivity contribution in [3.05, 3.63) is 23.8 Å². The van der Waals surface area contributed by atoms with Gasteiger partial charge in [-0.05, 0) is 36.6 Å². The summed E-state index contributed by atoms with van der Waals surface area (Å²) in [5.74, 6) is -0.607. The number of hydrogen-bond acceptors (Lipinski definition) is 2. The van der Waals surface area contributed by atoms with Crippen LogP contribution >= 0.6 is 15.9 Å². The summed E-state index contributed by atoms with van der Waals surface area (Å²) in [6, 6.07) is 3.09. The standard InChI is InChI=1S/C11H10BrF5O2/c12-5-1-2-7-6-8(18-10(13)14)3-4-9(7)19-11(15,16)17/h3-4,6,10H,1-2,5H2. The molecule has 0 spiro atoms. The quantitative estimate of drug-likeness (QED) is 0.556. The average Bonchev–Trinajstić information content (AvgIpc) is 2.26. The van der Waals surface area contributed by atoms with Gasteiger partial charge in [0, 0.05) is 5.33 Å². The minimum Gasteiger partial charge on any atom is -0.435 e. The summed E-state index contributed by atoms with van der Waals surface area (Å²) in [4.78, 5) is 0. The van der Waals surface area contributed by atoms with Crippen molar-refractivity contribution in [1.29, 1.82) is 0 Å². The highest BCUT2D eigenvalue weighted by molar-refractivity contribution is 9.09. The molecule has 1 aromatic carbocycles. The third-order valence-corrected chi connectivity index (χ3v) is 2.62. The van der Waals surface area contributed by atoms with Gasteiger partial charge in [0.15, 0.2) is 0 Å². The van der Waals surface area contributed by atoms with Crippen molar-refractivity contribution < 1.29 is 31.4 Å². The maximum Gasteiger partial charge on any atom is 0.573 e. The zero-order chi connectivity index (χ0) is 14.5. The average molecular weight is 349 g/mol. The van der Waals surface area contributed by atoms with E-state index in [4.69, 9.17) is 0 Å². The number of rotatable bonds is 6. The molecular weight excluding hydrogens is 339 g/mol. The highest BCUT2D eigenvalue weighted by Gasteiger charge is 2.32. The zero-order valence-electron chi connectivity index (χ0n) is 9.52. The van der Waals surface area contributed by atoms with Crippen LogP contribution in [-0.2, 0) is 6.42 Å². The second-order valence-corrected chi connectivity index (χ2v) is 4.28. The summed E-state index contributed by atoms with van der Waals surface area (Å²) < 4.78 is 68.6. The Morgan fingerprint density at radius 2 is 1.89 bits per heavy atom. The third-order valence-electron chi connectivity index (χ3n) is 2.06. The summed E-state index contributed by atoms with van der Waals surface area (Å²) in [6.45, 7) is -3.03. The molecule has 0 radical (unpaired) electrons. The molecule has 0 bridgehead atoms. The summed E-state index contributed by atoms with van der Waals surface area (Å²) in [7, 11) is 0. The lowest BCUT2D eigenvalue weighted by Gasteiger charge is -2.14. The number of hydrogen-bond donors (Lipinski definition) is 0. The van der Waals surface area contributed by atoms with Gasteiger partial charge < -0.3 is 9.47 Å². The molecule has 0 unspecified atom stereocenters. The molecule has 0 atom stereocenters. The van der Waals surface area contributed by atoms with Crippen molar-refractivity contribution in [2.75, 3.05) is 5.33 Å². The van der Waals surface area contributed by atoms with Gasteiger partial charge in [-0.3, -0.25) is 0 Å². The van der Waals surface area contributed by atoms with E-state index >= 15 is 0 Å². The van der Waals surface area contributed by atoms with E-state index in [1.165, 1.54) is 0 Å². The van der Waals surface area contributed by atoms with Crippen LogP contribution < -0.4 is 9.47 Å². The summed E-state index contributed by atoms with van der Waals surface area (Å²) in [5.41, 5.74) is 0.162. The van der Waals surface area contributed by atoms with Crippen molar-refractivity contribution in [2.45, 2.75) is 25.8 Å². The lowest BCUT2D eigenvalue weighted by Crippen LogP contribution is -2.18. The molecule has 2 nitrogen and oxygen atoms in total. The van der Waals surface area contributed by atoms with E-state index < -0.39 is 18.7 Å². The molecule has 108 valence electrons. The van der Waals surface area contributed by atoms with Gasteiger partial charge in [-0.2, -0.15) is 8.78 Å². The van der Waals surface area contributed by atoms with Crippen LogP contribution in [0.5, 0.6) is 11.5 Å². The van der Waals surface area contributed by atoms with Crippen molar-refractivity contribution >= 4 is 15.9 Å². The highest BCUT2D eigenvalue weighted by Crippen LogP contribution is 2.31. The number of ether oxygens (including phenoxy) is 2. The molecule has 0 N–H and O–H groups in total. The van der Waals surface area contributed by atoms with Crippen molar-refractivity contribution in [2.24, 2.45) is 0 Å². The molecule has 0 aliphatic carbocycles. The fourth-order valence-corrected chi connectivity index (χ4v) is 1.69. The third kappa shape index (κ3) is 6.09. The van der Waals surface area contributed by atoms with Gasteiger partial charge in [-0.25, -0.2) is 0 Å². The predicted octanol–water partition coefficient (Wildman–Crippen LogP) is 4.51. The zero-order valence-corrected chi connectivity index (χ0v) is 11.1. The van der Waals surface area contributed by atoms with E-state index in [-0.39, 0.29) is 17.7 Å².